The first-order valence-corrected chi connectivity index (χ1v) is 7.44. The molecule has 0 aromatic carbocycles. The molecule has 0 spiro atoms. The molecule has 0 bridgehead atoms. The predicted molar refractivity (Wildman–Crippen MR) is 80.9 cm³/mol. The number of thioether (sulfide) groups is 1. The van der Waals surface area contributed by atoms with Crippen LogP contribution in [-0.4, -0.2) is 39.1 Å². The summed E-state index contributed by atoms with van der Waals surface area (Å²) in [4.78, 5) is 13.5. The van der Waals surface area contributed by atoms with E-state index in [2.05, 4.69) is 4.90 Å². The van der Waals surface area contributed by atoms with Gasteiger partial charge in [-0.25, -0.2) is 0 Å². The van der Waals surface area contributed by atoms with Crippen molar-refractivity contribution in [3.05, 3.63) is 24.3 Å². The van der Waals surface area contributed by atoms with Gasteiger partial charge in [0, 0.05) is 18.8 Å². The van der Waals surface area contributed by atoms with Gasteiger partial charge >= 0.3 is 5.97 Å². The standard InChI is InChI=1S/C13H19NO2S2/c1-3-14(4-2)12(17)18-10-13(11(15)16)8-6-5-7-9-13/h5-8H,3-4,9-10H2,1-2H3,(H,15,16). The van der Waals surface area contributed by atoms with E-state index in [-0.39, 0.29) is 0 Å². The molecule has 0 aromatic rings. The molecule has 1 aliphatic rings. The Kier molecular flexibility index (Phi) is 5.88. The molecule has 1 unspecified atom stereocenters. The van der Waals surface area contributed by atoms with E-state index in [0.717, 1.165) is 17.4 Å². The molecule has 1 atom stereocenters. The number of hydrogen-bond donors (Lipinski definition) is 1. The lowest BCUT2D eigenvalue weighted by atomic mass is 9.84. The highest BCUT2D eigenvalue weighted by molar-refractivity contribution is 8.22. The van der Waals surface area contributed by atoms with Gasteiger partial charge in [-0.2, -0.15) is 0 Å². The van der Waals surface area contributed by atoms with Crippen molar-refractivity contribution in [3.63, 3.8) is 0 Å². The van der Waals surface area contributed by atoms with E-state index >= 15 is 0 Å². The smallest absolute Gasteiger partial charge is 0.314 e. The molecule has 5 heteroatoms. The van der Waals surface area contributed by atoms with E-state index in [1.165, 1.54) is 11.8 Å². The number of aliphatic carboxylic acids is 1. The average molecular weight is 285 g/mol. The second kappa shape index (κ2) is 6.95. The summed E-state index contributed by atoms with van der Waals surface area (Å²) >= 11 is 6.79. The summed E-state index contributed by atoms with van der Waals surface area (Å²) < 4.78 is 0.781. The molecule has 0 amide bonds. The Morgan fingerprint density at radius 2 is 2.11 bits per heavy atom. The van der Waals surface area contributed by atoms with Crippen LogP contribution in [0.25, 0.3) is 0 Å². The zero-order valence-electron chi connectivity index (χ0n) is 10.8. The van der Waals surface area contributed by atoms with Crippen LogP contribution in [0.3, 0.4) is 0 Å². The van der Waals surface area contributed by atoms with Crippen molar-refractivity contribution in [2.45, 2.75) is 20.3 Å². The van der Waals surface area contributed by atoms with Crippen molar-refractivity contribution in [1.29, 1.82) is 0 Å². The van der Waals surface area contributed by atoms with Crippen LogP contribution in [-0.2, 0) is 4.79 Å². The van der Waals surface area contributed by atoms with Gasteiger partial charge in [-0.05, 0) is 20.3 Å². The molecule has 0 saturated carbocycles. The minimum atomic E-state index is -0.809. The number of carbonyl (C=O) groups is 1. The molecule has 0 aromatic heterocycles. The van der Waals surface area contributed by atoms with Gasteiger partial charge in [0.25, 0.3) is 0 Å². The van der Waals surface area contributed by atoms with Crippen LogP contribution in [0, 0.1) is 5.41 Å². The fourth-order valence-electron chi connectivity index (χ4n) is 1.76. The Bertz CT molecular complexity index is 375. The molecule has 0 radical (unpaired) electrons. The number of hydrogen-bond acceptors (Lipinski definition) is 3. The summed E-state index contributed by atoms with van der Waals surface area (Å²) in [5, 5.41) is 9.40. The first-order chi connectivity index (χ1) is 8.55. The number of carboxylic acid groups (broad SMARTS) is 1. The molecule has 0 fully saturated rings. The van der Waals surface area contributed by atoms with Gasteiger partial charge < -0.3 is 10.0 Å². The highest BCUT2D eigenvalue weighted by Gasteiger charge is 2.36. The Morgan fingerprint density at radius 3 is 2.56 bits per heavy atom. The van der Waals surface area contributed by atoms with E-state index in [0.29, 0.717) is 12.2 Å². The molecule has 0 aliphatic heterocycles. The fourth-order valence-corrected chi connectivity index (χ4v) is 3.35. The summed E-state index contributed by atoms with van der Waals surface area (Å²) in [6.45, 7) is 5.81. The third kappa shape index (κ3) is 3.59. The van der Waals surface area contributed by atoms with E-state index < -0.39 is 11.4 Å². The number of allylic oxidation sites excluding steroid dienone is 3. The maximum Gasteiger partial charge on any atom is 0.314 e. The third-order valence-electron chi connectivity index (χ3n) is 3.05. The van der Waals surface area contributed by atoms with Crippen LogP contribution in [0.15, 0.2) is 24.3 Å². The maximum atomic E-state index is 11.4. The Hall–Kier alpha value is -0.810. The van der Waals surface area contributed by atoms with Crippen molar-refractivity contribution < 1.29 is 9.90 Å². The van der Waals surface area contributed by atoms with Gasteiger partial charge in [0.1, 0.15) is 4.32 Å². The highest BCUT2D eigenvalue weighted by Crippen LogP contribution is 2.33. The second-order valence-corrected chi connectivity index (χ2v) is 5.79. The molecular weight excluding hydrogens is 266 g/mol. The van der Waals surface area contributed by atoms with Gasteiger partial charge in [0.15, 0.2) is 0 Å². The van der Waals surface area contributed by atoms with Crippen LogP contribution < -0.4 is 0 Å². The van der Waals surface area contributed by atoms with Crippen molar-refractivity contribution in [1.82, 2.24) is 4.90 Å². The summed E-state index contributed by atoms with van der Waals surface area (Å²) in [6, 6.07) is 0. The molecule has 1 N–H and O–H groups in total. The zero-order chi connectivity index (χ0) is 13.6. The van der Waals surface area contributed by atoms with Gasteiger partial charge in [0.2, 0.25) is 0 Å². The van der Waals surface area contributed by atoms with Crippen LogP contribution >= 0.6 is 24.0 Å². The molecule has 3 nitrogen and oxygen atoms in total. The second-order valence-electron chi connectivity index (χ2n) is 4.18. The van der Waals surface area contributed by atoms with Gasteiger partial charge in [0.05, 0.1) is 5.41 Å². The van der Waals surface area contributed by atoms with Crippen LogP contribution in [0.1, 0.15) is 20.3 Å². The number of carboxylic acids is 1. The Balaban J connectivity index is 2.64. The lowest BCUT2D eigenvalue weighted by Gasteiger charge is -2.28. The average Bonchev–Trinajstić information content (AvgIpc) is 2.38. The van der Waals surface area contributed by atoms with Gasteiger partial charge in [-0.3, -0.25) is 4.79 Å². The lowest BCUT2D eigenvalue weighted by molar-refractivity contribution is -0.144. The van der Waals surface area contributed by atoms with E-state index in [4.69, 9.17) is 12.2 Å². The van der Waals surface area contributed by atoms with Crippen molar-refractivity contribution in [3.8, 4) is 0 Å². The SMILES string of the molecule is CCN(CC)C(=S)SCC1(C(=O)O)C=CC=CC1. The molecular formula is C13H19NO2S2. The summed E-state index contributed by atoms with van der Waals surface area (Å²) in [7, 11) is 0. The van der Waals surface area contributed by atoms with E-state index in [1.54, 1.807) is 12.2 Å². The van der Waals surface area contributed by atoms with Crippen molar-refractivity contribution >= 4 is 34.3 Å². The first-order valence-electron chi connectivity index (χ1n) is 6.05. The molecule has 0 saturated heterocycles. The zero-order valence-corrected chi connectivity index (χ0v) is 12.4. The monoisotopic (exact) mass is 285 g/mol. The molecule has 1 aliphatic carbocycles. The Labute approximate surface area is 118 Å². The van der Waals surface area contributed by atoms with Crippen LogP contribution in [0.5, 0.6) is 0 Å². The number of nitrogens with zero attached hydrogens (tertiary/aromatic N) is 1. The maximum absolute atomic E-state index is 11.4. The number of rotatable bonds is 5. The van der Waals surface area contributed by atoms with Gasteiger partial charge in [-0.15, -0.1) is 0 Å². The van der Waals surface area contributed by atoms with E-state index in [1.807, 2.05) is 26.0 Å². The van der Waals surface area contributed by atoms with Crippen molar-refractivity contribution in [2.75, 3.05) is 18.8 Å². The first kappa shape index (κ1) is 15.2. The largest absolute Gasteiger partial charge is 0.481 e. The molecule has 0 heterocycles. The fraction of sp³-hybridized carbons (Fsp3) is 0.538. The van der Waals surface area contributed by atoms with Crippen molar-refractivity contribution in [2.24, 2.45) is 5.41 Å². The van der Waals surface area contributed by atoms with Crippen LogP contribution in [0.2, 0.25) is 0 Å². The third-order valence-corrected chi connectivity index (χ3v) is 4.82. The minimum Gasteiger partial charge on any atom is -0.481 e. The summed E-state index contributed by atoms with van der Waals surface area (Å²) in [5.41, 5.74) is -0.809. The number of thiocarbonyl (C=S) groups is 1. The molecule has 100 valence electrons. The predicted octanol–water partition coefficient (Wildman–Crippen LogP) is 2.93. The van der Waals surface area contributed by atoms with Gasteiger partial charge in [-0.1, -0.05) is 48.3 Å². The normalized spacial score (nSPS) is 21.9. The Morgan fingerprint density at radius 1 is 1.44 bits per heavy atom. The topological polar surface area (TPSA) is 40.5 Å². The summed E-state index contributed by atoms with van der Waals surface area (Å²) in [5.74, 6) is -0.295. The summed E-state index contributed by atoms with van der Waals surface area (Å²) in [6.07, 6.45) is 7.89. The van der Waals surface area contributed by atoms with E-state index in [9.17, 15) is 9.90 Å². The molecule has 18 heavy (non-hydrogen) atoms. The quantitative estimate of drug-likeness (QED) is 0.787. The molecule has 1 rings (SSSR count). The van der Waals surface area contributed by atoms with Crippen LogP contribution in [0.4, 0.5) is 0 Å². The highest BCUT2D eigenvalue weighted by atomic mass is 32.2. The minimum absolute atomic E-state index is 0.485. The lowest BCUT2D eigenvalue weighted by Crippen LogP contribution is -2.34.